The van der Waals surface area contributed by atoms with Crippen LogP contribution >= 0.6 is 0 Å². The molecule has 6 heteroatoms. The van der Waals surface area contributed by atoms with Crippen molar-refractivity contribution in [3.05, 3.63) is 18.1 Å². The first-order valence-corrected chi connectivity index (χ1v) is 5.01. The summed E-state index contributed by atoms with van der Waals surface area (Å²) in [5.74, 6) is 1.23. The van der Waals surface area contributed by atoms with Crippen LogP contribution in [0.25, 0.3) is 0 Å². The van der Waals surface area contributed by atoms with Crippen LogP contribution in [0.3, 0.4) is 0 Å². The summed E-state index contributed by atoms with van der Waals surface area (Å²) >= 11 is 0. The van der Waals surface area contributed by atoms with E-state index in [0.717, 1.165) is 0 Å². The Bertz CT molecular complexity index is 343. The number of methoxy groups -OCH3 is 1. The third-order valence-electron chi connectivity index (χ3n) is 1.83. The molecule has 0 aliphatic carbocycles. The van der Waals surface area contributed by atoms with Crippen LogP contribution < -0.4 is 10.6 Å². The minimum Gasteiger partial charge on any atom is -0.383 e. The van der Waals surface area contributed by atoms with E-state index in [-0.39, 0.29) is 12.5 Å². The lowest BCUT2D eigenvalue weighted by Crippen LogP contribution is -2.32. The molecule has 88 valence electrons. The van der Waals surface area contributed by atoms with Crippen molar-refractivity contribution in [2.75, 3.05) is 32.1 Å². The number of aromatic nitrogens is 2. The number of ether oxygens (including phenoxy) is 1. The Morgan fingerprint density at radius 2 is 2.38 bits per heavy atom. The van der Waals surface area contributed by atoms with Crippen molar-refractivity contribution in [3.63, 3.8) is 0 Å². The number of nitrogens with one attached hydrogen (secondary N) is 2. The lowest BCUT2D eigenvalue weighted by molar-refractivity contribution is -0.119. The van der Waals surface area contributed by atoms with E-state index >= 15 is 0 Å². The number of carbonyl (C=O) groups excluding carboxylic acids is 1. The molecule has 0 aliphatic heterocycles. The number of anilines is 1. The second-order valence-electron chi connectivity index (χ2n) is 3.19. The number of rotatable bonds is 6. The van der Waals surface area contributed by atoms with Gasteiger partial charge in [-0.05, 0) is 13.0 Å². The smallest absolute Gasteiger partial charge is 0.239 e. The molecule has 1 heterocycles. The SMILES string of the molecule is COCCNC(=O)CNc1ccnc(C)n1. The van der Waals surface area contributed by atoms with E-state index in [2.05, 4.69) is 20.6 Å². The zero-order chi connectivity index (χ0) is 11.8. The molecule has 1 aromatic rings. The summed E-state index contributed by atoms with van der Waals surface area (Å²) in [5, 5.41) is 5.61. The molecule has 0 unspecified atom stereocenters. The normalized spacial score (nSPS) is 9.88. The summed E-state index contributed by atoms with van der Waals surface area (Å²) in [4.78, 5) is 19.4. The molecule has 1 rings (SSSR count). The highest BCUT2D eigenvalue weighted by Gasteiger charge is 2.00. The molecule has 1 amide bonds. The molecule has 0 saturated carbocycles. The molecule has 0 aliphatic rings. The summed E-state index contributed by atoms with van der Waals surface area (Å²) in [6.07, 6.45) is 1.65. The zero-order valence-electron chi connectivity index (χ0n) is 9.49. The van der Waals surface area contributed by atoms with Crippen LogP contribution in [0.2, 0.25) is 0 Å². The molecule has 0 fully saturated rings. The van der Waals surface area contributed by atoms with Crippen molar-refractivity contribution >= 4 is 11.7 Å². The number of amides is 1. The zero-order valence-corrected chi connectivity index (χ0v) is 9.49. The maximum Gasteiger partial charge on any atom is 0.239 e. The van der Waals surface area contributed by atoms with E-state index in [1.54, 1.807) is 26.3 Å². The molecule has 0 atom stereocenters. The van der Waals surface area contributed by atoms with Crippen molar-refractivity contribution in [3.8, 4) is 0 Å². The monoisotopic (exact) mass is 224 g/mol. The Labute approximate surface area is 94.4 Å². The molecular formula is C10H16N4O2. The number of aryl methyl sites for hydroxylation is 1. The summed E-state index contributed by atoms with van der Waals surface area (Å²) in [5.41, 5.74) is 0. The third-order valence-corrected chi connectivity index (χ3v) is 1.83. The van der Waals surface area contributed by atoms with Gasteiger partial charge in [0.1, 0.15) is 11.6 Å². The Balaban J connectivity index is 2.26. The molecule has 0 aromatic carbocycles. The predicted octanol–water partition coefficient (Wildman–Crippen LogP) is -0.0405. The maximum absolute atomic E-state index is 11.3. The van der Waals surface area contributed by atoms with Crippen molar-refractivity contribution < 1.29 is 9.53 Å². The number of hydrogen-bond acceptors (Lipinski definition) is 5. The second kappa shape index (κ2) is 6.73. The summed E-state index contributed by atoms with van der Waals surface area (Å²) in [6, 6.07) is 1.72. The Kier molecular flexibility index (Phi) is 5.21. The number of hydrogen-bond donors (Lipinski definition) is 2. The fraction of sp³-hybridized carbons (Fsp3) is 0.500. The van der Waals surface area contributed by atoms with Gasteiger partial charge in [-0.25, -0.2) is 9.97 Å². The van der Waals surface area contributed by atoms with Crippen molar-refractivity contribution in [2.24, 2.45) is 0 Å². The predicted molar refractivity (Wildman–Crippen MR) is 60.1 cm³/mol. The maximum atomic E-state index is 11.3. The van der Waals surface area contributed by atoms with Gasteiger partial charge in [-0.2, -0.15) is 0 Å². The van der Waals surface area contributed by atoms with Crippen LogP contribution in [-0.2, 0) is 9.53 Å². The molecule has 0 radical (unpaired) electrons. The van der Waals surface area contributed by atoms with E-state index in [0.29, 0.717) is 24.8 Å². The standard InChI is InChI=1S/C10H16N4O2/c1-8-11-4-3-9(14-8)13-7-10(15)12-5-6-16-2/h3-4H,5-7H2,1-2H3,(H,12,15)(H,11,13,14). The van der Waals surface area contributed by atoms with Gasteiger partial charge in [0.05, 0.1) is 13.2 Å². The van der Waals surface area contributed by atoms with E-state index in [1.165, 1.54) is 0 Å². The topological polar surface area (TPSA) is 76.1 Å². The van der Waals surface area contributed by atoms with Gasteiger partial charge in [-0.15, -0.1) is 0 Å². The van der Waals surface area contributed by atoms with Crippen molar-refractivity contribution in [1.82, 2.24) is 15.3 Å². The fourth-order valence-electron chi connectivity index (χ4n) is 1.08. The average Bonchev–Trinajstić information content (AvgIpc) is 2.27. The summed E-state index contributed by atoms with van der Waals surface area (Å²) in [6.45, 7) is 3.02. The van der Waals surface area contributed by atoms with Crippen molar-refractivity contribution in [1.29, 1.82) is 0 Å². The molecule has 0 bridgehead atoms. The molecule has 1 aromatic heterocycles. The number of carbonyl (C=O) groups is 1. The van der Waals surface area contributed by atoms with Gasteiger partial charge in [0.2, 0.25) is 5.91 Å². The Morgan fingerprint density at radius 3 is 3.06 bits per heavy atom. The lowest BCUT2D eigenvalue weighted by atomic mass is 10.5. The van der Waals surface area contributed by atoms with Crippen molar-refractivity contribution in [2.45, 2.75) is 6.92 Å². The van der Waals surface area contributed by atoms with E-state index in [4.69, 9.17) is 4.74 Å². The molecule has 16 heavy (non-hydrogen) atoms. The van der Waals surface area contributed by atoms with Gasteiger partial charge in [-0.3, -0.25) is 4.79 Å². The summed E-state index contributed by atoms with van der Waals surface area (Å²) < 4.78 is 4.81. The highest BCUT2D eigenvalue weighted by molar-refractivity contribution is 5.80. The Hall–Kier alpha value is -1.69. The van der Waals surface area contributed by atoms with Crippen LogP contribution in [-0.4, -0.2) is 42.7 Å². The van der Waals surface area contributed by atoms with Crippen LogP contribution in [0, 0.1) is 6.92 Å². The van der Waals surface area contributed by atoms with Crippen LogP contribution in [0.1, 0.15) is 5.82 Å². The van der Waals surface area contributed by atoms with Gasteiger partial charge in [0.25, 0.3) is 0 Å². The van der Waals surface area contributed by atoms with Gasteiger partial charge in [0.15, 0.2) is 0 Å². The molecular weight excluding hydrogens is 208 g/mol. The van der Waals surface area contributed by atoms with Gasteiger partial charge < -0.3 is 15.4 Å². The van der Waals surface area contributed by atoms with Crippen LogP contribution in [0.5, 0.6) is 0 Å². The van der Waals surface area contributed by atoms with Crippen LogP contribution in [0.4, 0.5) is 5.82 Å². The highest BCUT2D eigenvalue weighted by Crippen LogP contribution is 1.99. The van der Waals surface area contributed by atoms with E-state index in [1.807, 2.05) is 0 Å². The first-order valence-electron chi connectivity index (χ1n) is 5.01. The fourth-order valence-corrected chi connectivity index (χ4v) is 1.08. The average molecular weight is 224 g/mol. The molecule has 0 saturated heterocycles. The van der Waals surface area contributed by atoms with Gasteiger partial charge in [-0.1, -0.05) is 0 Å². The Morgan fingerprint density at radius 1 is 1.56 bits per heavy atom. The largest absolute Gasteiger partial charge is 0.383 e. The van der Waals surface area contributed by atoms with E-state index in [9.17, 15) is 4.79 Å². The number of nitrogens with zero attached hydrogens (tertiary/aromatic N) is 2. The molecule has 2 N–H and O–H groups in total. The lowest BCUT2D eigenvalue weighted by Gasteiger charge is -2.06. The third kappa shape index (κ3) is 4.70. The quantitative estimate of drug-likeness (QED) is 0.663. The first-order chi connectivity index (χ1) is 7.72. The van der Waals surface area contributed by atoms with Crippen LogP contribution in [0.15, 0.2) is 12.3 Å². The first kappa shape index (κ1) is 12.4. The minimum absolute atomic E-state index is 0.0895. The van der Waals surface area contributed by atoms with E-state index < -0.39 is 0 Å². The minimum atomic E-state index is -0.0895. The molecule has 6 nitrogen and oxygen atoms in total. The summed E-state index contributed by atoms with van der Waals surface area (Å²) in [7, 11) is 1.59. The van der Waals surface area contributed by atoms with Gasteiger partial charge >= 0.3 is 0 Å². The highest BCUT2D eigenvalue weighted by atomic mass is 16.5. The van der Waals surface area contributed by atoms with Gasteiger partial charge in [0, 0.05) is 19.9 Å². The second-order valence-corrected chi connectivity index (χ2v) is 3.19. The molecule has 0 spiro atoms.